The zero-order chi connectivity index (χ0) is 29.2. The minimum atomic E-state index is -3.84. The molecule has 3 heterocycles. The first-order valence-corrected chi connectivity index (χ1v) is 15.0. The molecule has 14 heteroatoms. The molecule has 1 aliphatic heterocycles. The van der Waals surface area contributed by atoms with E-state index in [4.69, 9.17) is 9.26 Å². The predicted octanol–water partition coefficient (Wildman–Crippen LogP) is 3.54. The molecule has 12 nitrogen and oxygen atoms in total. The normalized spacial score (nSPS) is 18.2. The molecule has 0 radical (unpaired) electrons. The number of likely N-dealkylation sites (N-methyl/N-ethyl adjacent to an activating group) is 1. The van der Waals surface area contributed by atoms with Gasteiger partial charge in [-0.2, -0.15) is 0 Å². The Hall–Kier alpha value is -3.62. The van der Waals surface area contributed by atoms with Crippen LogP contribution < -0.4 is 14.8 Å². The monoisotopic (exact) mass is 591 g/mol. The molecule has 3 aromatic rings. The van der Waals surface area contributed by atoms with Gasteiger partial charge < -0.3 is 29.5 Å². The van der Waals surface area contributed by atoms with E-state index in [1.54, 1.807) is 44.2 Å². The van der Waals surface area contributed by atoms with Crippen molar-refractivity contribution >= 4 is 44.7 Å². The average molecular weight is 592 g/mol. The minimum Gasteiger partial charge on any atom is -0.487 e. The number of hydrogen-bond donors (Lipinski definition) is 3. The third-order valence-corrected chi connectivity index (χ3v) is 9.52. The molecule has 3 atom stereocenters. The Balaban J connectivity index is 1.62. The number of rotatable bonds is 8. The molecule has 0 fully saturated rings. The van der Waals surface area contributed by atoms with Crippen LogP contribution in [0.2, 0.25) is 0 Å². The van der Waals surface area contributed by atoms with E-state index < -0.39 is 28.1 Å². The first-order valence-electron chi connectivity index (χ1n) is 12.6. The number of fused-ring (bicyclic) bond motifs is 1. The van der Waals surface area contributed by atoms with Crippen molar-refractivity contribution < 1.29 is 32.4 Å². The van der Waals surface area contributed by atoms with E-state index in [0.717, 1.165) is 11.3 Å². The van der Waals surface area contributed by atoms with E-state index in [-0.39, 0.29) is 52.9 Å². The van der Waals surface area contributed by atoms with Crippen molar-refractivity contribution in [2.24, 2.45) is 5.92 Å². The summed E-state index contributed by atoms with van der Waals surface area (Å²) in [6, 6.07) is 6.73. The Morgan fingerprint density at radius 1 is 1.32 bits per heavy atom. The zero-order valence-electron chi connectivity index (χ0n) is 22.9. The maximum atomic E-state index is 13.6. The number of aromatic nitrogens is 1. The molecule has 3 amide bonds. The van der Waals surface area contributed by atoms with Crippen LogP contribution in [0.3, 0.4) is 0 Å². The van der Waals surface area contributed by atoms with Gasteiger partial charge in [0.1, 0.15) is 27.4 Å². The summed E-state index contributed by atoms with van der Waals surface area (Å²) in [5, 5.41) is 18.2. The van der Waals surface area contributed by atoms with Crippen LogP contribution in [0, 0.1) is 19.8 Å². The van der Waals surface area contributed by atoms with Gasteiger partial charge in [0.05, 0.1) is 24.8 Å². The van der Waals surface area contributed by atoms with Crippen molar-refractivity contribution in [3.63, 3.8) is 0 Å². The Morgan fingerprint density at radius 2 is 2.08 bits per heavy atom. The number of amides is 3. The highest BCUT2D eigenvalue weighted by Gasteiger charge is 2.34. The Bertz CT molecular complexity index is 1450. The summed E-state index contributed by atoms with van der Waals surface area (Å²) in [7, 11) is -2.21. The third-order valence-electron chi connectivity index (χ3n) is 6.74. The van der Waals surface area contributed by atoms with Gasteiger partial charge in [-0.25, -0.2) is 13.2 Å². The van der Waals surface area contributed by atoms with Gasteiger partial charge in [0, 0.05) is 25.2 Å². The molecule has 3 N–H and O–H groups in total. The molecule has 40 heavy (non-hydrogen) atoms. The first kappa shape index (κ1) is 29.4. The second kappa shape index (κ2) is 11.9. The van der Waals surface area contributed by atoms with Gasteiger partial charge in [-0.3, -0.25) is 9.52 Å². The first-order chi connectivity index (χ1) is 18.9. The lowest BCUT2D eigenvalue weighted by Gasteiger charge is -2.38. The van der Waals surface area contributed by atoms with Gasteiger partial charge in [0.15, 0.2) is 5.76 Å². The van der Waals surface area contributed by atoms with Gasteiger partial charge in [0.25, 0.3) is 15.9 Å². The fourth-order valence-corrected chi connectivity index (χ4v) is 6.38. The summed E-state index contributed by atoms with van der Waals surface area (Å²) in [4.78, 5) is 29.6. The van der Waals surface area contributed by atoms with E-state index in [2.05, 4.69) is 15.2 Å². The standard InChI is InChI=1S/C26H33N5O7S2/c1-15-12-31(16(2)14-32)25(33)20-11-19(29-40(35,36)23-7-6-10-39-23)8-9-21(20)37-22(15)13-30(5)26(34)27-24-17(3)28-38-18(24)4/h6-11,15-16,22,29,32H,12-14H2,1-5H3,(H,27,34)/t15-,16-,22+/m1/s1. The molecule has 0 unspecified atom stereocenters. The van der Waals surface area contributed by atoms with Crippen molar-refractivity contribution in [3.8, 4) is 5.75 Å². The quantitative estimate of drug-likeness (QED) is 0.359. The number of nitrogens with one attached hydrogen (secondary N) is 2. The van der Waals surface area contributed by atoms with Crippen molar-refractivity contribution in [1.82, 2.24) is 15.0 Å². The van der Waals surface area contributed by atoms with Crippen LogP contribution in [-0.2, 0) is 10.0 Å². The highest BCUT2D eigenvalue weighted by Crippen LogP contribution is 2.32. The molecule has 0 bridgehead atoms. The van der Waals surface area contributed by atoms with Crippen LogP contribution in [0.25, 0.3) is 0 Å². The number of anilines is 2. The number of urea groups is 1. The lowest BCUT2D eigenvalue weighted by molar-refractivity contribution is 0.0371. The number of benzene rings is 1. The van der Waals surface area contributed by atoms with E-state index >= 15 is 0 Å². The Kier molecular flexibility index (Phi) is 8.71. The van der Waals surface area contributed by atoms with Crippen LogP contribution in [-0.4, -0.2) is 79.3 Å². The molecule has 4 rings (SSSR count). The molecule has 0 saturated heterocycles. The van der Waals surface area contributed by atoms with Crippen LogP contribution in [0.4, 0.5) is 16.2 Å². The van der Waals surface area contributed by atoms with Crippen molar-refractivity contribution in [3.05, 3.63) is 52.7 Å². The Labute approximate surface area is 237 Å². The average Bonchev–Trinajstić information content (AvgIpc) is 3.57. The fourth-order valence-electron chi connectivity index (χ4n) is 4.34. The highest BCUT2D eigenvalue weighted by molar-refractivity contribution is 7.94. The van der Waals surface area contributed by atoms with Crippen molar-refractivity contribution in [2.45, 2.75) is 44.0 Å². The van der Waals surface area contributed by atoms with Crippen molar-refractivity contribution in [2.75, 3.05) is 36.8 Å². The van der Waals surface area contributed by atoms with E-state index in [9.17, 15) is 23.1 Å². The van der Waals surface area contributed by atoms with E-state index in [1.807, 2.05) is 6.92 Å². The number of sulfonamides is 1. The molecule has 0 saturated carbocycles. The molecule has 0 spiro atoms. The minimum absolute atomic E-state index is 0.143. The number of aliphatic hydroxyl groups is 1. The summed E-state index contributed by atoms with van der Waals surface area (Å²) >= 11 is 1.08. The van der Waals surface area contributed by atoms with Crippen molar-refractivity contribution in [1.29, 1.82) is 0 Å². The lowest BCUT2D eigenvalue weighted by atomic mass is 9.99. The van der Waals surface area contributed by atoms with Crippen LogP contribution in [0.1, 0.15) is 35.7 Å². The molecule has 1 aliphatic rings. The lowest BCUT2D eigenvalue weighted by Crippen LogP contribution is -2.50. The third kappa shape index (κ3) is 6.24. The topological polar surface area (TPSA) is 154 Å². The molecule has 0 aliphatic carbocycles. The van der Waals surface area contributed by atoms with E-state index in [0.29, 0.717) is 17.1 Å². The number of carbonyl (C=O) groups excluding carboxylic acids is 2. The number of ether oxygens (including phenoxy) is 1. The Morgan fingerprint density at radius 3 is 2.70 bits per heavy atom. The number of thiophene rings is 1. The van der Waals surface area contributed by atoms with Crippen LogP contribution in [0.5, 0.6) is 5.75 Å². The summed E-state index contributed by atoms with van der Waals surface area (Å²) in [6.45, 7) is 7.23. The second-order valence-corrected chi connectivity index (χ2v) is 12.7. The number of aryl methyl sites for hydroxylation is 2. The second-order valence-electron chi connectivity index (χ2n) is 9.88. The molecule has 216 valence electrons. The molecule has 2 aromatic heterocycles. The van der Waals surface area contributed by atoms with Gasteiger partial charge in [0.2, 0.25) is 0 Å². The smallest absolute Gasteiger partial charge is 0.321 e. The SMILES string of the molecule is Cc1noc(C)c1NC(=O)N(C)C[C@@H]1Oc2ccc(NS(=O)(=O)c3cccs3)cc2C(=O)N([C@H](C)CO)C[C@H]1C. The predicted molar refractivity (Wildman–Crippen MR) is 150 cm³/mol. The summed E-state index contributed by atoms with van der Waals surface area (Å²) in [6.07, 6.45) is -0.533. The fraction of sp³-hybridized carbons (Fsp3) is 0.423. The summed E-state index contributed by atoms with van der Waals surface area (Å²) in [5.74, 6) is 0.109. The summed E-state index contributed by atoms with van der Waals surface area (Å²) < 4.78 is 39.6. The van der Waals surface area contributed by atoms with Gasteiger partial charge >= 0.3 is 6.03 Å². The highest BCUT2D eigenvalue weighted by atomic mass is 32.2. The number of nitrogens with zero attached hydrogens (tertiary/aromatic N) is 3. The van der Waals surface area contributed by atoms with Gasteiger partial charge in [-0.15, -0.1) is 11.3 Å². The molecular formula is C26H33N5O7S2. The zero-order valence-corrected chi connectivity index (χ0v) is 24.5. The van der Waals surface area contributed by atoms with Crippen LogP contribution >= 0.6 is 11.3 Å². The number of aliphatic hydroxyl groups excluding tert-OH is 1. The molecule has 1 aromatic carbocycles. The van der Waals surface area contributed by atoms with Gasteiger partial charge in [-0.1, -0.05) is 18.1 Å². The van der Waals surface area contributed by atoms with Gasteiger partial charge in [-0.05, 0) is 50.4 Å². The van der Waals surface area contributed by atoms with E-state index in [1.165, 1.54) is 29.2 Å². The maximum absolute atomic E-state index is 13.6. The number of carbonyl (C=O) groups is 2. The molecular weight excluding hydrogens is 558 g/mol. The maximum Gasteiger partial charge on any atom is 0.321 e. The largest absolute Gasteiger partial charge is 0.487 e. The number of hydrogen-bond acceptors (Lipinski definition) is 9. The van der Waals surface area contributed by atoms with Crippen LogP contribution in [0.15, 0.2) is 44.4 Å². The summed E-state index contributed by atoms with van der Waals surface area (Å²) in [5.41, 5.74) is 1.40.